The van der Waals surface area contributed by atoms with Gasteiger partial charge < -0.3 is 19.8 Å². The van der Waals surface area contributed by atoms with E-state index in [1.54, 1.807) is 35.4 Å². The number of nitrogens with zero attached hydrogens (tertiary/aromatic N) is 3. The molecule has 9 heteroatoms. The zero-order valence-electron chi connectivity index (χ0n) is 21.1. The third kappa shape index (κ3) is 7.29. The topological polar surface area (TPSA) is 103 Å². The molecule has 8 nitrogen and oxygen atoms in total. The van der Waals surface area contributed by atoms with E-state index < -0.39 is 17.6 Å². The summed E-state index contributed by atoms with van der Waals surface area (Å²) in [5.74, 6) is -0.442. The van der Waals surface area contributed by atoms with Crippen LogP contribution < -0.4 is 0 Å². The normalized spacial score (nSPS) is 24.0. The number of ether oxygens (including phenoxy) is 1. The Morgan fingerprint density at radius 1 is 1.00 bits per heavy atom. The quantitative estimate of drug-likeness (QED) is 0.588. The second kappa shape index (κ2) is 12.8. The van der Waals surface area contributed by atoms with Crippen molar-refractivity contribution in [2.75, 3.05) is 32.8 Å². The first-order valence-electron chi connectivity index (χ1n) is 13.1. The number of carbonyl (C=O) groups excluding carboxylic acids is 2. The van der Waals surface area contributed by atoms with Crippen molar-refractivity contribution >= 4 is 23.5 Å². The second-order valence-electron chi connectivity index (χ2n) is 10.2. The van der Waals surface area contributed by atoms with Crippen LogP contribution in [0.25, 0.3) is 0 Å². The smallest absolute Gasteiger partial charge is 0.312 e. The molecule has 200 valence electrons. The van der Waals surface area contributed by atoms with E-state index in [-0.39, 0.29) is 24.9 Å². The van der Waals surface area contributed by atoms with Gasteiger partial charge in [0.25, 0.3) is 5.91 Å². The fraction of sp³-hybridized carbons (Fsp3) is 0.536. The fourth-order valence-corrected chi connectivity index (χ4v) is 5.30. The lowest BCUT2D eigenvalue weighted by molar-refractivity contribution is -0.165. The van der Waals surface area contributed by atoms with Gasteiger partial charge in [-0.15, -0.1) is 0 Å². The van der Waals surface area contributed by atoms with Crippen LogP contribution in [-0.2, 0) is 16.1 Å². The number of amides is 1. The van der Waals surface area contributed by atoms with Crippen LogP contribution in [0.1, 0.15) is 54.6 Å². The molecule has 2 saturated heterocycles. The molecule has 0 saturated carbocycles. The van der Waals surface area contributed by atoms with Crippen molar-refractivity contribution in [3.05, 3.63) is 64.9 Å². The zero-order chi connectivity index (χ0) is 26.3. The minimum atomic E-state index is -1.21. The summed E-state index contributed by atoms with van der Waals surface area (Å²) >= 11 is 5.97. The highest BCUT2D eigenvalue weighted by atomic mass is 35.5. The van der Waals surface area contributed by atoms with Crippen molar-refractivity contribution in [3.8, 4) is 0 Å². The number of esters is 1. The van der Waals surface area contributed by atoms with Crippen LogP contribution in [0.5, 0.6) is 0 Å². The molecule has 2 fully saturated rings. The summed E-state index contributed by atoms with van der Waals surface area (Å²) in [6.45, 7) is 2.77. The van der Waals surface area contributed by atoms with Crippen LogP contribution in [0.2, 0.25) is 5.02 Å². The Morgan fingerprint density at radius 3 is 2.46 bits per heavy atom. The van der Waals surface area contributed by atoms with Gasteiger partial charge in [-0.3, -0.25) is 19.5 Å². The monoisotopic (exact) mass is 529 g/mol. The number of hydrogen-bond donors (Lipinski definition) is 2. The first-order valence-corrected chi connectivity index (χ1v) is 13.4. The number of cyclic esters (lactones) is 1. The van der Waals surface area contributed by atoms with E-state index in [0.717, 1.165) is 38.2 Å². The molecule has 0 bridgehead atoms. The first kappa shape index (κ1) is 27.5. The van der Waals surface area contributed by atoms with Gasteiger partial charge in [-0.2, -0.15) is 0 Å². The molecular weight excluding hydrogens is 494 g/mol. The van der Waals surface area contributed by atoms with Crippen molar-refractivity contribution in [1.82, 2.24) is 14.8 Å². The number of aliphatic hydroxyl groups excluding tert-OH is 2. The van der Waals surface area contributed by atoms with Gasteiger partial charge in [-0.1, -0.05) is 24.1 Å². The number of aliphatic hydroxyl groups is 2. The fourth-order valence-electron chi connectivity index (χ4n) is 5.18. The Morgan fingerprint density at radius 2 is 1.76 bits per heavy atom. The van der Waals surface area contributed by atoms with Crippen LogP contribution >= 0.6 is 11.6 Å². The molecule has 4 rings (SSSR count). The number of likely N-dealkylation sites (tertiary alicyclic amines) is 1. The van der Waals surface area contributed by atoms with E-state index in [4.69, 9.17) is 16.3 Å². The van der Waals surface area contributed by atoms with Gasteiger partial charge in [0, 0.05) is 36.4 Å². The van der Waals surface area contributed by atoms with Gasteiger partial charge >= 0.3 is 5.97 Å². The minimum Gasteiger partial charge on any atom is -0.462 e. The first-order chi connectivity index (χ1) is 17.9. The molecule has 1 aromatic heterocycles. The van der Waals surface area contributed by atoms with Crippen molar-refractivity contribution in [1.29, 1.82) is 0 Å². The number of hydrogen-bond acceptors (Lipinski definition) is 7. The van der Waals surface area contributed by atoms with Gasteiger partial charge in [0.1, 0.15) is 12.7 Å². The Hall–Kier alpha value is -2.52. The van der Waals surface area contributed by atoms with E-state index >= 15 is 0 Å². The maximum Gasteiger partial charge on any atom is 0.312 e. The van der Waals surface area contributed by atoms with E-state index in [1.807, 2.05) is 18.2 Å². The SMILES string of the molecule is O=C(c1ccc(Cl)cc1)N1CCCCC2(CCN(Cc3ccccn3)CC2)C(=O)OC[C@@H](O)[C@@H](O)CC1. The Kier molecular flexibility index (Phi) is 9.54. The summed E-state index contributed by atoms with van der Waals surface area (Å²) in [5.41, 5.74) is 0.891. The number of rotatable bonds is 3. The van der Waals surface area contributed by atoms with Gasteiger partial charge in [-0.05, 0) is 81.6 Å². The molecule has 1 spiro atoms. The molecule has 2 aliphatic rings. The van der Waals surface area contributed by atoms with Crippen LogP contribution in [0, 0.1) is 5.41 Å². The number of carbonyl (C=O) groups is 2. The third-order valence-corrected chi connectivity index (χ3v) is 7.85. The van der Waals surface area contributed by atoms with E-state index in [9.17, 15) is 19.8 Å². The molecule has 3 heterocycles. The van der Waals surface area contributed by atoms with Crippen molar-refractivity contribution < 1.29 is 24.5 Å². The summed E-state index contributed by atoms with van der Waals surface area (Å²) in [7, 11) is 0. The van der Waals surface area contributed by atoms with Crippen LogP contribution in [-0.4, -0.2) is 81.9 Å². The standard InChI is InChI=1S/C28H36ClN3O5/c29-22-8-6-21(7-9-22)26(35)32-15-4-2-11-28(27(36)37-20-25(34)24(33)10-16-32)12-17-31(18-13-28)19-23-5-1-3-14-30-23/h1,3,5-9,14,24-25,33-34H,2,4,10-13,15-20H2/t24-,25+/m0/s1. The van der Waals surface area contributed by atoms with Crippen molar-refractivity contribution in [2.24, 2.45) is 5.41 Å². The zero-order valence-corrected chi connectivity index (χ0v) is 21.9. The molecule has 1 aromatic carbocycles. The Bertz CT molecular complexity index is 1030. The maximum absolute atomic E-state index is 13.3. The van der Waals surface area contributed by atoms with E-state index in [0.29, 0.717) is 42.9 Å². The van der Waals surface area contributed by atoms with E-state index in [1.165, 1.54) is 0 Å². The lowest BCUT2D eigenvalue weighted by atomic mass is 9.74. The number of pyridine rings is 1. The van der Waals surface area contributed by atoms with Gasteiger partial charge in [0.2, 0.25) is 0 Å². The number of aromatic nitrogens is 1. The molecule has 2 aromatic rings. The van der Waals surface area contributed by atoms with Gasteiger partial charge in [0.05, 0.1) is 17.2 Å². The predicted molar refractivity (Wildman–Crippen MR) is 140 cm³/mol. The predicted octanol–water partition coefficient (Wildman–Crippen LogP) is 3.30. The number of piperidine rings is 1. The molecule has 1 amide bonds. The summed E-state index contributed by atoms with van der Waals surface area (Å²) in [6, 6.07) is 12.6. The molecule has 2 N–H and O–H groups in total. The molecule has 0 radical (unpaired) electrons. The van der Waals surface area contributed by atoms with Crippen molar-refractivity contribution in [3.63, 3.8) is 0 Å². The third-order valence-electron chi connectivity index (χ3n) is 7.59. The summed E-state index contributed by atoms with van der Waals surface area (Å²) in [6.07, 6.45) is 3.12. The van der Waals surface area contributed by atoms with E-state index in [2.05, 4.69) is 9.88 Å². The van der Waals surface area contributed by atoms with Gasteiger partial charge in [-0.25, -0.2) is 0 Å². The summed E-state index contributed by atoms with van der Waals surface area (Å²) < 4.78 is 5.57. The van der Waals surface area contributed by atoms with Crippen LogP contribution in [0.4, 0.5) is 0 Å². The Balaban J connectivity index is 1.43. The van der Waals surface area contributed by atoms with Crippen LogP contribution in [0.3, 0.4) is 0 Å². The largest absolute Gasteiger partial charge is 0.462 e. The van der Waals surface area contributed by atoms with Crippen molar-refractivity contribution in [2.45, 2.75) is 57.3 Å². The average Bonchev–Trinajstić information content (AvgIpc) is 2.92. The maximum atomic E-state index is 13.3. The summed E-state index contributed by atoms with van der Waals surface area (Å²) in [5, 5.41) is 21.5. The van der Waals surface area contributed by atoms with Gasteiger partial charge in [0.15, 0.2) is 0 Å². The molecule has 0 aliphatic carbocycles. The molecule has 2 atom stereocenters. The Labute approximate surface area is 223 Å². The van der Waals surface area contributed by atoms with Crippen LogP contribution in [0.15, 0.2) is 48.7 Å². The highest BCUT2D eigenvalue weighted by Crippen LogP contribution is 2.38. The number of benzene rings is 1. The lowest BCUT2D eigenvalue weighted by Gasteiger charge is -2.40. The second-order valence-corrected chi connectivity index (χ2v) is 10.6. The highest BCUT2D eigenvalue weighted by Gasteiger charge is 2.42. The molecular formula is C28H36ClN3O5. The molecule has 37 heavy (non-hydrogen) atoms. The molecule has 0 unspecified atom stereocenters. The lowest BCUT2D eigenvalue weighted by Crippen LogP contribution is -2.46. The minimum absolute atomic E-state index is 0.141. The molecule has 2 aliphatic heterocycles. The summed E-state index contributed by atoms with van der Waals surface area (Å²) in [4.78, 5) is 34.9. The highest BCUT2D eigenvalue weighted by molar-refractivity contribution is 6.30. The number of halogens is 1. The average molecular weight is 530 g/mol.